The highest BCUT2D eigenvalue weighted by Gasteiger charge is 2.33. The lowest BCUT2D eigenvalue weighted by atomic mass is 10.1. The van der Waals surface area contributed by atoms with Gasteiger partial charge in [-0.25, -0.2) is 9.97 Å². The van der Waals surface area contributed by atoms with Gasteiger partial charge >= 0.3 is 0 Å². The molecule has 0 spiro atoms. The quantitative estimate of drug-likeness (QED) is 0.801. The molecule has 3 aliphatic rings. The van der Waals surface area contributed by atoms with Gasteiger partial charge in [0.2, 0.25) is 5.91 Å². The smallest absolute Gasteiger partial charge is 0.270 e. The average molecular weight is 301 g/mol. The molecule has 1 aromatic heterocycles. The van der Waals surface area contributed by atoms with Crippen LogP contribution in [-0.2, 0) is 11.2 Å². The van der Waals surface area contributed by atoms with E-state index in [-0.39, 0.29) is 11.8 Å². The molecule has 1 aromatic rings. The number of carbonyl (C=O) groups excluding carboxylic acids is 2. The molecule has 22 heavy (non-hydrogen) atoms. The Hall–Kier alpha value is -2.18. The minimum Gasteiger partial charge on any atom is -0.354 e. The fourth-order valence-corrected chi connectivity index (χ4v) is 3.06. The molecule has 1 saturated heterocycles. The van der Waals surface area contributed by atoms with Crippen molar-refractivity contribution in [3.05, 3.63) is 17.1 Å². The summed E-state index contributed by atoms with van der Waals surface area (Å²) in [7, 11) is 0. The van der Waals surface area contributed by atoms with Crippen LogP contribution < -0.4 is 15.5 Å². The van der Waals surface area contributed by atoms with Gasteiger partial charge in [0.25, 0.3) is 5.91 Å². The fourth-order valence-electron chi connectivity index (χ4n) is 3.06. The van der Waals surface area contributed by atoms with Crippen LogP contribution in [0.1, 0.15) is 47.1 Å². The van der Waals surface area contributed by atoms with Gasteiger partial charge in [-0.2, -0.15) is 0 Å². The fraction of sp³-hybridized carbons (Fsp3) is 0.600. The van der Waals surface area contributed by atoms with Crippen molar-refractivity contribution in [3.8, 4) is 0 Å². The van der Waals surface area contributed by atoms with Crippen LogP contribution >= 0.6 is 0 Å². The normalized spacial score (nSPS) is 21.7. The summed E-state index contributed by atoms with van der Waals surface area (Å²) >= 11 is 0. The third kappa shape index (κ3) is 2.40. The Bertz CT molecular complexity index is 641. The lowest BCUT2D eigenvalue weighted by Crippen LogP contribution is -2.38. The number of anilines is 1. The summed E-state index contributed by atoms with van der Waals surface area (Å²) < 4.78 is 0. The van der Waals surface area contributed by atoms with Crippen LogP contribution in [0.5, 0.6) is 0 Å². The van der Waals surface area contributed by atoms with Crippen LogP contribution in [0, 0.1) is 0 Å². The third-order valence-electron chi connectivity index (χ3n) is 4.38. The second kappa shape index (κ2) is 5.23. The van der Waals surface area contributed by atoms with Gasteiger partial charge in [-0.3, -0.25) is 9.59 Å². The topological polar surface area (TPSA) is 87.2 Å². The van der Waals surface area contributed by atoms with E-state index in [1.54, 1.807) is 0 Å². The molecular formula is C15H19N5O2. The zero-order valence-electron chi connectivity index (χ0n) is 12.4. The molecule has 0 atom stereocenters. The Balaban J connectivity index is 1.79. The number of nitrogens with one attached hydrogen (secondary N) is 2. The maximum atomic E-state index is 12.1. The SMILES string of the molecule is O=C1CN(c2nc(C3CC3)nc3c2CCNC3=O)CCCN1. The lowest BCUT2D eigenvalue weighted by molar-refractivity contribution is -0.119. The zero-order chi connectivity index (χ0) is 15.1. The van der Waals surface area contributed by atoms with Crippen molar-refractivity contribution in [3.63, 3.8) is 0 Å². The molecule has 0 unspecified atom stereocenters. The lowest BCUT2D eigenvalue weighted by Gasteiger charge is -2.26. The maximum absolute atomic E-state index is 12.1. The molecule has 0 radical (unpaired) electrons. The van der Waals surface area contributed by atoms with E-state index >= 15 is 0 Å². The molecule has 1 aliphatic carbocycles. The number of fused-ring (bicyclic) bond motifs is 1. The second-order valence-electron chi connectivity index (χ2n) is 6.14. The van der Waals surface area contributed by atoms with Crippen molar-refractivity contribution in [2.45, 2.75) is 31.6 Å². The molecule has 0 bridgehead atoms. The van der Waals surface area contributed by atoms with Gasteiger partial charge in [0, 0.05) is 31.1 Å². The van der Waals surface area contributed by atoms with Crippen LogP contribution in [0.25, 0.3) is 0 Å². The molecule has 4 rings (SSSR count). The van der Waals surface area contributed by atoms with Gasteiger partial charge < -0.3 is 15.5 Å². The van der Waals surface area contributed by atoms with Crippen LogP contribution in [0.15, 0.2) is 0 Å². The first-order chi connectivity index (χ1) is 10.7. The number of aromatic nitrogens is 2. The minimum atomic E-state index is -0.119. The van der Waals surface area contributed by atoms with Crippen molar-refractivity contribution in [2.24, 2.45) is 0 Å². The molecule has 7 nitrogen and oxygen atoms in total. The summed E-state index contributed by atoms with van der Waals surface area (Å²) in [5.74, 6) is 1.82. The summed E-state index contributed by atoms with van der Waals surface area (Å²) in [5.41, 5.74) is 1.39. The van der Waals surface area contributed by atoms with Crippen molar-refractivity contribution >= 4 is 17.6 Å². The molecule has 7 heteroatoms. The number of nitrogens with zero attached hydrogens (tertiary/aromatic N) is 3. The Kier molecular flexibility index (Phi) is 3.20. The van der Waals surface area contributed by atoms with Gasteiger partial charge in [-0.15, -0.1) is 0 Å². The molecule has 3 heterocycles. The molecule has 2 aliphatic heterocycles. The van der Waals surface area contributed by atoms with Crippen LogP contribution in [0.3, 0.4) is 0 Å². The van der Waals surface area contributed by atoms with E-state index in [0.717, 1.165) is 49.4 Å². The monoisotopic (exact) mass is 301 g/mol. The van der Waals surface area contributed by atoms with E-state index in [2.05, 4.69) is 15.6 Å². The summed E-state index contributed by atoms with van der Waals surface area (Å²) in [6.07, 6.45) is 3.77. The first-order valence-corrected chi connectivity index (χ1v) is 7.93. The number of carbonyl (C=O) groups is 2. The predicted octanol–water partition coefficient (Wildman–Crippen LogP) is -0.0338. The van der Waals surface area contributed by atoms with E-state index in [1.165, 1.54) is 0 Å². The Morgan fingerprint density at radius 3 is 2.77 bits per heavy atom. The molecular weight excluding hydrogens is 282 g/mol. The Morgan fingerprint density at radius 1 is 1.09 bits per heavy atom. The van der Waals surface area contributed by atoms with E-state index in [0.29, 0.717) is 31.2 Å². The largest absolute Gasteiger partial charge is 0.354 e. The first kappa shape index (κ1) is 13.5. The van der Waals surface area contributed by atoms with E-state index in [9.17, 15) is 9.59 Å². The Labute approximate surface area is 128 Å². The number of rotatable bonds is 2. The van der Waals surface area contributed by atoms with Crippen molar-refractivity contribution in [1.29, 1.82) is 0 Å². The minimum absolute atomic E-state index is 0.0121. The highest BCUT2D eigenvalue weighted by molar-refractivity contribution is 5.96. The first-order valence-electron chi connectivity index (χ1n) is 7.93. The van der Waals surface area contributed by atoms with Crippen molar-refractivity contribution in [2.75, 3.05) is 31.1 Å². The van der Waals surface area contributed by atoms with Crippen LogP contribution in [-0.4, -0.2) is 48.0 Å². The molecule has 2 N–H and O–H groups in total. The second-order valence-corrected chi connectivity index (χ2v) is 6.14. The van der Waals surface area contributed by atoms with E-state index < -0.39 is 0 Å². The highest BCUT2D eigenvalue weighted by Crippen LogP contribution is 2.39. The molecule has 2 amide bonds. The van der Waals surface area contributed by atoms with Crippen LogP contribution in [0.4, 0.5) is 5.82 Å². The standard InChI is InChI=1S/C15H19N5O2/c21-11-8-20(7-1-5-16-11)14-10-4-6-17-15(22)12(10)18-13(19-14)9-2-3-9/h9H,1-8H2,(H,16,21)(H,17,22). The van der Waals surface area contributed by atoms with Gasteiger partial charge in [0.1, 0.15) is 17.3 Å². The van der Waals surface area contributed by atoms with Gasteiger partial charge in [-0.05, 0) is 25.7 Å². The number of hydrogen-bond acceptors (Lipinski definition) is 5. The zero-order valence-corrected chi connectivity index (χ0v) is 12.4. The third-order valence-corrected chi connectivity index (χ3v) is 4.38. The average Bonchev–Trinajstić information content (AvgIpc) is 3.34. The van der Waals surface area contributed by atoms with Crippen molar-refractivity contribution < 1.29 is 9.59 Å². The molecule has 0 aromatic carbocycles. The summed E-state index contributed by atoms with van der Waals surface area (Å²) in [4.78, 5) is 35.3. The molecule has 2 fully saturated rings. The van der Waals surface area contributed by atoms with Crippen molar-refractivity contribution in [1.82, 2.24) is 20.6 Å². The van der Waals surface area contributed by atoms with Crippen LogP contribution in [0.2, 0.25) is 0 Å². The van der Waals surface area contributed by atoms with Gasteiger partial charge in [0.15, 0.2) is 0 Å². The van der Waals surface area contributed by atoms with Gasteiger partial charge in [-0.1, -0.05) is 0 Å². The Morgan fingerprint density at radius 2 is 1.95 bits per heavy atom. The molecule has 116 valence electrons. The van der Waals surface area contributed by atoms with Gasteiger partial charge in [0.05, 0.1) is 6.54 Å². The number of amides is 2. The molecule has 1 saturated carbocycles. The van der Waals surface area contributed by atoms with E-state index in [4.69, 9.17) is 4.98 Å². The van der Waals surface area contributed by atoms with E-state index in [1.807, 2.05) is 4.90 Å². The predicted molar refractivity (Wildman–Crippen MR) is 79.9 cm³/mol. The highest BCUT2D eigenvalue weighted by atomic mass is 16.2. The number of hydrogen-bond donors (Lipinski definition) is 2. The summed E-state index contributed by atoms with van der Waals surface area (Å²) in [6.45, 7) is 2.37. The maximum Gasteiger partial charge on any atom is 0.270 e. The summed E-state index contributed by atoms with van der Waals surface area (Å²) in [6, 6.07) is 0. The summed E-state index contributed by atoms with van der Waals surface area (Å²) in [5, 5.41) is 5.73.